The third kappa shape index (κ3) is 5.02. The van der Waals surface area contributed by atoms with Crippen molar-refractivity contribution < 1.29 is 9.47 Å². The molecule has 0 atom stereocenters. The average Bonchev–Trinajstić information content (AvgIpc) is 3.21. The van der Waals surface area contributed by atoms with Gasteiger partial charge in [0.1, 0.15) is 5.75 Å². The Labute approximate surface area is 109 Å². The summed E-state index contributed by atoms with van der Waals surface area (Å²) in [6.07, 6.45) is 5.75. The van der Waals surface area contributed by atoms with Crippen LogP contribution in [-0.4, -0.2) is 31.9 Å². The van der Waals surface area contributed by atoms with Gasteiger partial charge in [-0.15, -0.1) is 0 Å². The first-order valence-corrected chi connectivity index (χ1v) is 6.66. The summed E-state index contributed by atoms with van der Waals surface area (Å²) >= 11 is 0. The minimum Gasteiger partial charge on any atom is -0.492 e. The predicted octanol–water partition coefficient (Wildman–Crippen LogP) is 2.00. The Morgan fingerprint density at radius 3 is 2.89 bits per heavy atom. The molecular formula is C14H22N2O2. The molecule has 1 aromatic rings. The van der Waals surface area contributed by atoms with Crippen LogP contribution in [0, 0.1) is 5.92 Å². The summed E-state index contributed by atoms with van der Waals surface area (Å²) in [4.78, 5) is 4.36. The lowest BCUT2D eigenvalue weighted by molar-refractivity contribution is 0.199. The molecule has 1 heterocycles. The lowest BCUT2D eigenvalue weighted by Gasteiger charge is -2.07. The lowest BCUT2D eigenvalue weighted by atomic mass is 10.3. The highest BCUT2D eigenvalue weighted by molar-refractivity contribution is 5.19. The molecule has 18 heavy (non-hydrogen) atoms. The van der Waals surface area contributed by atoms with Gasteiger partial charge in [-0.25, -0.2) is 0 Å². The van der Waals surface area contributed by atoms with Gasteiger partial charge in [0, 0.05) is 20.2 Å². The van der Waals surface area contributed by atoms with Gasteiger partial charge in [-0.1, -0.05) is 12.8 Å². The van der Waals surface area contributed by atoms with E-state index in [9.17, 15) is 0 Å². The minimum absolute atomic E-state index is 0.725. The fraction of sp³-hybridized carbons (Fsp3) is 0.643. The van der Waals surface area contributed by atoms with Crippen molar-refractivity contribution >= 4 is 0 Å². The summed E-state index contributed by atoms with van der Waals surface area (Å²) in [5.41, 5.74) is 1.03. The Balaban J connectivity index is 1.64. The highest BCUT2D eigenvalue weighted by atomic mass is 16.5. The third-order valence-corrected chi connectivity index (χ3v) is 3.08. The van der Waals surface area contributed by atoms with Crippen LogP contribution in [0.4, 0.5) is 0 Å². The average molecular weight is 250 g/mol. The summed E-state index contributed by atoms with van der Waals surface area (Å²) in [6.45, 7) is 3.16. The monoisotopic (exact) mass is 250 g/mol. The molecule has 0 radical (unpaired) electrons. The number of pyridine rings is 1. The summed E-state index contributed by atoms with van der Waals surface area (Å²) in [5, 5.41) is 3.26. The third-order valence-electron chi connectivity index (χ3n) is 3.08. The number of aromatic nitrogens is 1. The van der Waals surface area contributed by atoms with Crippen molar-refractivity contribution in [3.8, 4) is 5.75 Å². The number of nitrogens with zero attached hydrogens (tertiary/aromatic N) is 1. The van der Waals surface area contributed by atoms with E-state index in [1.165, 1.54) is 19.3 Å². The van der Waals surface area contributed by atoms with E-state index in [0.29, 0.717) is 0 Å². The van der Waals surface area contributed by atoms with Crippen LogP contribution in [0.1, 0.15) is 25.0 Å². The normalized spacial score (nSPS) is 14.7. The molecule has 0 aliphatic heterocycles. The SMILES string of the molecule is COCCNCc1ccc(OCCC2CC2)cn1. The molecule has 1 saturated carbocycles. The van der Waals surface area contributed by atoms with Crippen LogP contribution in [0.25, 0.3) is 0 Å². The van der Waals surface area contributed by atoms with Crippen LogP contribution in [0.15, 0.2) is 18.3 Å². The van der Waals surface area contributed by atoms with Gasteiger partial charge in [0.15, 0.2) is 0 Å². The minimum atomic E-state index is 0.725. The second-order valence-electron chi connectivity index (χ2n) is 4.74. The number of ether oxygens (including phenoxy) is 2. The highest BCUT2D eigenvalue weighted by Crippen LogP contribution is 2.32. The van der Waals surface area contributed by atoms with E-state index in [2.05, 4.69) is 10.3 Å². The molecule has 4 nitrogen and oxygen atoms in total. The molecule has 2 rings (SSSR count). The zero-order valence-electron chi connectivity index (χ0n) is 11.0. The lowest BCUT2D eigenvalue weighted by Crippen LogP contribution is -2.19. The van der Waals surface area contributed by atoms with Crippen molar-refractivity contribution in [2.75, 3.05) is 26.9 Å². The molecule has 0 aromatic carbocycles. The standard InChI is InChI=1S/C14H22N2O2/c1-17-9-7-15-10-13-4-5-14(11-16-13)18-8-6-12-2-3-12/h4-5,11-12,15H,2-3,6-10H2,1H3. The van der Waals surface area contributed by atoms with E-state index >= 15 is 0 Å². The predicted molar refractivity (Wildman–Crippen MR) is 70.7 cm³/mol. The van der Waals surface area contributed by atoms with Gasteiger partial charge in [-0.05, 0) is 24.5 Å². The maximum absolute atomic E-state index is 5.65. The Bertz CT molecular complexity index is 336. The van der Waals surface area contributed by atoms with E-state index in [-0.39, 0.29) is 0 Å². The van der Waals surface area contributed by atoms with Crippen molar-refractivity contribution in [3.05, 3.63) is 24.0 Å². The highest BCUT2D eigenvalue weighted by Gasteiger charge is 2.20. The number of hydrogen-bond donors (Lipinski definition) is 1. The van der Waals surface area contributed by atoms with Crippen LogP contribution in [0.2, 0.25) is 0 Å². The van der Waals surface area contributed by atoms with Crippen molar-refractivity contribution in [2.24, 2.45) is 5.92 Å². The molecule has 100 valence electrons. The number of nitrogens with one attached hydrogen (secondary N) is 1. The molecule has 1 N–H and O–H groups in total. The van der Waals surface area contributed by atoms with Gasteiger partial charge in [0.25, 0.3) is 0 Å². The van der Waals surface area contributed by atoms with Crippen molar-refractivity contribution in [1.82, 2.24) is 10.3 Å². The fourth-order valence-electron chi connectivity index (χ4n) is 1.74. The quantitative estimate of drug-likeness (QED) is 0.681. The van der Waals surface area contributed by atoms with E-state index in [1.54, 1.807) is 13.3 Å². The molecule has 0 bridgehead atoms. The largest absolute Gasteiger partial charge is 0.492 e. The van der Waals surface area contributed by atoms with Crippen molar-refractivity contribution in [3.63, 3.8) is 0 Å². The van der Waals surface area contributed by atoms with Gasteiger partial charge >= 0.3 is 0 Å². The Morgan fingerprint density at radius 1 is 1.33 bits per heavy atom. The topological polar surface area (TPSA) is 43.4 Å². The smallest absolute Gasteiger partial charge is 0.137 e. The first-order chi connectivity index (χ1) is 8.88. The molecule has 0 unspecified atom stereocenters. The van der Waals surface area contributed by atoms with Crippen molar-refractivity contribution in [1.29, 1.82) is 0 Å². The maximum atomic E-state index is 5.65. The first kappa shape index (κ1) is 13.3. The van der Waals surface area contributed by atoms with Crippen LogP contribution in [-0.2, 0) is 11.3 Å². The maximum Gasteiger partial charge on any atom is 0.137 e. The number of rotatable bonds is 9. The van der Waals surface area contributed by atoms with Gasteiger partial charge < -0.3 is 14.8 Å². The van der Waals surface area contributed by atoms with E-state index in [0.717, 1.165) is 43.7 Å². The molecule has 1 aliphatic rings. The number of hydrogen-bond acceptors (Lipinski definition) is 4. The summed E-state index contributed by atoms with van der Waals surface area (Å²) in [6, 6.07) is 4.00. The van der Waals surface area contributed by atoms with Crippen LogP contribution < -0.4 is 10.1 Å². The summed E-state index contributed by atoms with van der Waals surface area (Å²) in [7, 11) is 1.70. The number of methoxy groups -OCH3 is 1. The summed E-state index contributed by atoms with van der Waals surface area (Å²) < 4.78 is 10.6. The molecule has 0 amide bonds. The fourth-order valence-corrected chi connectivity index (χ4v) is 1.74. The van der Waals surface area contributed by atoms with Gasteiger partial charge in [0.05, 0.1) is 25.1 Å². The second kappa shape index (κ2) is 7.34. The molecule has 1 aliphatic carbocycles. The van der Waals surface area contributed by atoms with Crippen LogP contribution in [0.3, 0.4) is 0 Å². The molecule has 0 spiro atoms. The molecule has 1 aromatic heterocycles. The van der Waals surface area contributed by atoms with Gasteiger partial charge in [-0.2, -0.15) is 0 Å². The second-order valence-corrected chi connectivity index (χ2v) is 4.74. The first-order valence-electron chi connectivity index (χ1n) is 6.66. The Hall–Kier alpha value is -1.13. The Morgan fingerprint density at radius 2 is 2.22 bits per heavy atom. The zero-order valence-corrected chi connectivity index (χ0v) is 11.0. The zero-order chi connectivity index (χ0) is 12.6. The van der Waals surface area contributed by atoms with Crippen LogP contribution in [0.5, 0.6) is 5.75 Å². The Kier molecular flexibility index (Phi) is 5.42. The molecule has 0 saturated heterocycles. The molecule has 1 fully saturated rings. The van der Waals surface area contributed by atoms with Crippen LogP contribution >= 0.6 is 0 Å². The van der Waals surface area contributed by atoms with E-state index in [1.807, 2.05) is 12.1 Å². The summed E-state index contributed by atoms with van der Waals surface area (Å²) in [5.74, 6) is 1.79. The van der Waals surface area contributed by atoms with E-state index in [4.69, 9.17) is 9.47 Å². The van der Waals surface area contributed by atoms with E-state index < -0.39 is 0 Å². The molecular weight excluding hydrogens is 228 g/mol. The van der Waals surface area contributed by atoms with Gasteiger partial charge in [-0.3, -0.25) is 4.98 Å². The van der Waals surface area contributed by atoms with Gasteiger partial charge in [0.2, 0.25) is 0 Å². The molecule has 4 heteroatoms. The van der Waals surface area contributed by atoms with Crippen molar-refractivity contribution in [2.45, 2.75) is 25.8 Å².